The Morgan fingerprint density at radius 2 is 2.15 bits per heavy atom. The van der Waals surface area contributed by atoms with Crippen LogP contribution in [-0.4, -0.2) is 52.5 Å². The van der Waals surface area contributed by atoms with Crippen molar-refractivity contribution >= 4 is 16.9 Å². The van der Waals surface area contributed by atoms with Gasteiger partial charge >= 0.3 is 6.03 Å². The number of amides is 2. The van der Waals surface area contributed by atoms with Crippen LogP contribution >= 0.6 is 0 Å². The lowest BCUT2D eigenvalue weighted by molar-refractivity contribution is 0.157. The summed E-state index contributed by atoms with van der Waals surface area (Å²) in [5, 5.41) is 4.37. The van der Waals surface area contributed by atoms with Gasteiger partial charge in [-0.3, -0.25) is 4.90 Å². The third kappa shape index (κ3) is 4.04. The molecule has 2 aliphatic rings. The summed E-state index contributed by atoms with van der Waals surface area (Å²) in [6.45, 7) is 5.86. The molecule has 1 aromatic carbocycles. The molecule has 0 spiro atoms. The van der Waals surface area contributed by atoms with E-state index in [1.54, 1.807) is 0 Å². The van der Waals surface area contributed by atoms with Gasteiger partial charge in [-0.15, -0.1) is 0 Å². The maximum absolute atomic E-state index is 12.8. The summed E-state index contributed by atoms with van der Waals surface area (Å²) in [6.07, 6.45) is 8.12. The number of hydrogen-bond donors (Lipinski definition) is 2. The summed E-state index contributed by atoms with van der Waals surface area (Å²) in [5.41, 5.74) is 2.34. The van der Waals surface area contributed by atoms with Crippen molar-refractivity contribution in [3.05, 3.63) is 36.0 Å². The Bertz CT molecular complexity index is 751. The lowest BCUT2D eigenvalue weighted by Crippen LogP contribution is -2.46. The molecule has 4 rings (SSSR count). The first-order valence-corrected chi connectivity index (χ1v) is 10.1. The Morgan fingerprint density at radius 1 is 1.27 bits per heavy atom. The molecule has 2 aromatic rings. The minimum absolute atomic E-state index is 0.0892. The molecule has 0 bridgehead atoms. The number of carbonyl (C=O) groups excluding carboxylic acids is 1. The second kappa shape index (κ2) is 7.70. The van der Waals surface area contributed by atoms with Gasteiger partial charge in [0.2, 0.25) is 0 Å². The van der Waals surface area contributed by atoms with Crippen molar-refractivity contribution in [3.63, 3.8) is 0 Å². The van der Waals surface area contributed by atoms with Crippen LogP contribution in [0.4, 0.5) is 4.79 Å². The summed E-state index contributed by atoms with van der Waals surface area (Å²) in [7, 11) is 0. The van der Waals surface area contributed by atoms with Gasteiger partial charge in [-0.05, 0) is 68.3 Å². The SMILES string of the molecule is C[C@H]1CCCCN1CCNC(=O)N(Cc1ccc2[nH]ccc2c1)C1CC1. The number of nitrogens with one attached hydrogen (secondary N) is 2. The van der Waals surface area contributed by atoms with Gasteiger partial charge < -0.3 is 15.2 Å². The molecule has 1 aliphatic carbocycles. The van der Waals surface area contributed by atoms with E-state index in [1.165, 1.54) is 36.8 Å². The number of aromatic amines is 1. The number of piperidine rings is 1. The van der Waals surface area contributed by atoms with Crippen molar-refractivity contribution in [2.24, 2.45) is 0 Å². The van der Waals surface area contributed by atoms with Crippen LogP contribution in [-0.2, 0) is 6.54 Å². The van der Waals surface area contributed by atoms with Gasteiger partial charge in [0.25, 0.3) is 0 Å². The Labute approximate surface area is 155 Å². The Balaban J connectivity index is 1.33. The molecule has 5 heteroatoms. The van der Waals surface area contributed by atoms with Gasteiger partial charge in [0.1, 0.15) is 0 Å². The maximum atomic E-state index is 12.8. The van der Waals surface area contributed by atoms with Gasteiger partial charge in [0.05, 0.1) is 0 Å². The number of benzene rings is 1. The van der Waals surface area contributed by atoms with Gasteiger partial charge in [-0.1, -0.05) is 12.5 Å². The predicted molar refractivity (Wildman–Crippen MR) is 105 cm³/mol. The number of likely N-dealkylation sites (tertiary alicyclic amines) is 1. The minimum Gasteiger partial charge on any atom is -0.361 e. The van der Waals surface area contributed by atoms with Crippen molar-refractivity contribution in [3.8, 4) is 0 Å². The Hall–Kier alpha value is -2.01. The van der Waals surface area contributed by atoms with Crippen LogP contribution in [0.3, 0.4) is 0 Å². The molecule has 1 saturated heterocycles. The molecule has 5 nitrogen and oxygen atoms in total. The molecule has 2 N–H and O–H groups in total. The molecule has 1 atom stereocenters. The third-order valence-corrected chi connectivity index (χ3v) is 5.83. The molecule has 0 unspecified atom stereocenters. The summed E-state index contributed by atoms with van der Waals surface area (Å²) in [6, 6.07) is 9.64. The molecule has 2 amide bonds. The van der Waals surface area contributed by atoms with Gasteiger partial charge in [0.15, 0.2) is 0 Å². The van der Waals surface area contributed by atoms with Crippen LogP contribution in [0, 0.1) is 0 Å². The average molecular weight is 354 g/mol. The van der Waals surface area contributed by atoms with Gasteiger partial charge in [-0.25, -0.2) is 4.79 Å². The molecule has 1 aromatic heterocycles. The second-order valence-electron chi connectivity index (χ2n) is 7.87. The topological polar surface area (TPSA) is 51.4 Å². The summed E-state index contributed by atoms with van der Waals surface area (Å²) in [4.78, 5) is 20.5. The van der Waals surface area contributed by atoms with Crippen LogP contribution < -0.4 is 5.32 Å². The fourth-order valence-corrected chi connectivity index (χ4v) is 4.05. The van der Waals surface area contributed by atoms with E-state index in [9.17, 15) is 4.79 Å². The number of carbonyl (C=O) groups is 1. The van der Waals surface area contributed by atoms with Crippen molar-refractivity contribution in [1.82, 2.24) is 20.1 Å². The highest BCUT2D eigenvalue weighted by Crippen LogP contribution is 2.29. The van der Waals surface area contributed by atoms with Crippen LogP contribution in [0.15, 0.2) is 30.5 Å². The van der Waals surface area contributed by atoms with E-state index in [2.05, 4.69) is 46.4 Å². The number of aromatic nitrogens is 1. The lowest BCUT2D eigenvalue weighted by Gasteiger charge is -2.33. The van der Waals surface area contributed by atoms with Crippen LogP contribution in [0.2, 0.25) is 0 Å². The molecule has 0 radical (unpaired) electrons. The zero-order valence-electron chi connectivity index (χ0n) is 15.7. The van der Waals surface area contributed by atoms with E-state index in [0.29, 0.717) is 18.6 Å². The quantitative estimate of drug-likeness (QED) is 0.831. The van der Waals surface area contributed by atoms with E-state index in [4.69, 9.17) is 0 Å². The average Bonchev–Trinajstić information content (AvgIpc) is 3.38. The normalized spacial score (nSPS) is 21.0. The maximum Gasteiger partial charge on any atom is 0.317 e. The minimum atomic E-state index is 0.0892. The molecular weight excluding hydrogens is 324 g/mol. The first kappa shape index (κ1) is 17.4. The van der Waals surface area contributed by atoms with Crippen molar-refractivity contribution in [2.75, 3.05) is 19.6 Å². The highest BCUT2D eigenvalue weighted by Gasteiger charge is 2.32. The van der Waals surface area contributed by atoms with Crippen molar-refractivity contribution in [1.29, 1.82) is 0 Å². The van der Waals surface area contributed by atoms with Crippen LogP contribution in [0.1, 0.15) is 44.6 Å². The fraction of sp³-hybridized carbons (Fsp3) is 0.571. The van der Waals surface area contributed by atoms with Crippen molar-refractivity contribution < 1.29 is 4.79 Å². The number of rotatable bonds is 6. The van der Waals surface area contributed by atoms with E-state index < -0.39 is 0 Å². The van der Waals surface area contributed by atoms with Crippen molar-refractivity contribution in [2.45, 2.75) is 57.7 Å². The molecule has 140 valence electrons. The Kier molecular flexibility index (Phi) is 5.16. The highest BCUT2D eigenvalue weighted by atomic mass is 16.2. The molecular formula is C21H30N4O. The third-order valence-electron chi connectivity index (χ3n) is 5.83. The number of urea groups is 1. The standard InChI is InChI=1S/C21H30N4O/c1-16-4-2-3-12-24(16)13-11-23-21(26)25(19-6-7-19)15-17-5-8-20-18(14-17)9-10-22-20/h5,8-10,14,16,19,22H,2-4,6-7,11-13,15H2,1H3,(H,23,26)/t16-/m0/s1. The van der Waals surface area contributed by atoms with E-state index in [1.807, 2.05) is 11.1 Å². The molecule has 2 heterocycles. The number of hydrogen-bond acceptors (Lipinski definition) is 2. The predicted octanol–water partition coefficient (Wildman–Crippen LogP) is 3.72. The summed E-state index contributed by atoms with van der Waals surface area (Å²) >= 11 is 0. The Morgan fingerprint density at radius 3 is 2.96 bits per heavy atom. The monoisotopic (exact) mass is 354 g/mol. The molecule has 1 saturated carbocycles. The number of fused-ring (bicyclic) bond motifs is 1. The zero-order valence-corrected chi connectivity index (χ0v) is 15.7. The van der Waals surface area contributed by atoms with E-state index >= 15 is 0 Å². The van der Waals surface area contributed by atoms with E-state index in [0.717, 1.165) is 31.4 Å². The molecule has 2 fully saturated rings. The van der Waals surface area contributed by atoms with Crippen LogP contribution in [0.5, 0.6) is 0 Å². The fourth-order valence-electron chi connectivity index (χ4n) is 4.05. The summed E-state index contributed by atoms with van der Waals surface area (Å²) < 4.78 is 0. The van der Waals surface area contributed by atoms with E-state index in [-0.39, 0.29) is 6.03 Å². The lowest BCUT2D eigenvalue weighted by atomic mass is 10.0. The summed E-state index contributed by atoms with van der Waals surface area (Å²) in [5.74, 6) is 0. The van der Waals surface area contributed by atoms with Gasteiger partial charge in [-0.2, -0.15) is 0 Å². The highest BCUT2D eigenvalue weighted by molar-refractivity contribution is 5.80. The largest absolute Gasteiger partial charge is 0.361 e. The van der Waals surface area contributed by atoms with Gasteiger partial charge in [0, 0.05) is 43.4 Å². The smallest absolute Gasteiger partial charge is 0.317 e. The first-order valence-electron chi connectivity index (χ1n) is 10.1. The van der Waals surface area contributed by atoms with Crippen LogP contribution in [0.25, 0.3) is 10.9 Å². The zero-order chi connectivity index (χ0) is 17.9. The first-order chi connectivity index (χ1) is 12.7. The second-order valence-corrected chi connectivity index (χ2v) is 7.87. The molecule has 1 aliphatic heterocycles. The number of nitrogens with zero attached hydrogens (tertiary/aromatic N) is 2. The number of H-pyrrole nitrogens is 1. The molecule has 26 heavy (non-hydrogen) atoms.